The first-order chi connectivity index (χ1) is 20.5. The number of carbonyl (C=O) groups is 4. The fraction of sp³-hybridized carbons (Fsp3) is 0.407. The van der Waals surface area contributed by atoms with Crippen molar-refractivity contribution in [3.05, 3.63) is 54.1 Å². The van der Waals surface area contributed by atoms with Gasteiger partial charge in [-0.05, 0) is 48.5 Å². The summed E-state index contributed by atoms with van der Waals surface area (Å²) >= 11 is 0. The Labute approximate surface area is 249 Å². The van der Waals surface area contributed by atoms with E-state index in [0.717, 1.165) is 39.8 Å². The number of hydrogen-bond acceptors (Lipinski definition) is 12. The summed E-state index contributed by atoms with van der Waals surface area (Å²) in [6, 6.07) is 8.01. The summed E-state index contributed by atoms with van der Waals surface area (Å²) in [6.45, 7) is 3.85. The Morgan fingerprint density at radius 2 is 1.30 bits per heavy atom. The molecule has 0 amide bonds. The Morgan fingerprint density at radius 1 is 0.773 bits per heavy atom. The molecule has 0 aliphatic carbocycles. The number of nitrogens with one attached hydrogen (secondary N) is 1. The van der Waals surface area contributed by atoms with Gasteiger partial charge in [0.2, 0.25) is 12.4 Å². The summed E-state index contributed by atoms with van der Waals surface area (Å²) in [5.74, 6) is -3.14. The number of rotatable bonds is 10. The highest BCUT2D eigenvalue weighted by atomic mass is 32.2. The molecule has 5 atom stereocenters. The van der Waals surface area contributed by atoms with Gasteiger partial charge in [-0.25, -0.2) is 8.42 Å². The first kappa shape index (κ1) is 34.1. The van der Waals surface area contributed by atoms with Gasteiger partial charge in [0.1, 0.15) is 18.5 Å². The molecule has 44 heavy (non-hydrogen) atoms. The number of ether oxygens (including phenoxy) is 6. The van der Waals surface area contributed by atoms with Crippen LogP contribution in [0, 0.1) is 0 Å². The van der Waals surface area contributed by atoms with Gasteiger partial charge in [-0.15, -0.1) is 0 Å². The average molecular weight is 648 g/mol. The highest BCUT2D eigenvalue weighted by Gasteiger charge is 2.53. The summed E-state index contributed by atoms with van der Waals surface area (Å²) in [5.41, 5.74) is -1.00. The minimum atomic E-state index is -4.64. The van der Waals surface area contributed by atoms with Crippen molar-refractivity contribution in [3.63, 3.8) is 0 Å². The third kappa shape index (κ3) is 9.31. The minimum Gasteiger partial charge on any atom is -0.463 e. The molecule has 1 N–H and O–H groups in total. The molecule has 2 aromatic rings. The number of esters is 4. The van der Waals surface area contributed by atoms with Gasteiger partial charge in [0, 0.05) is 33.4 Å². The van der Waals surface area contributed by atoms with Crippen molar-refractivity contribution < 1.29 is 69.2 Å². The van der Waals surface area contributed by atoms with E-state index >= 15 is 0 Å². The second-order valence-electron chi connectivity index (χ2n) is 9.34. The lowest BCUT2D eigenvalue weighted by Crippen LogP contribution is -2.63. The molecule has 0 radical (unpaired) electrons. The topological polar surface area (TPSA) is 170 Å². The summed E-state index contributed by atoms with van der Waals surface area (Å²) in [7, 11) is -4.27. The molecule has 240 valence electrons. The summed E-state index contributed by atoms with van der Waals surface area (Å²) in [5, 5.41) is 0. The van der Waals surface area contributed by atoms with E-state index in [2.05, 4.69) is 4.72 Å². The van der Waals surface area contributed by atoms with Crippen LogP contribution in [-0.4, -0.2) is 69.6 Å². The number of sulfonamides is 1. The van der Waals surface area contributed by atoms with E-state index in [1.54, 1.807) is 0 Å². The van der Waals surface area contributed by atoms with Gasteiger partial charge < -0.3 is 28.4 Å². The van der Waals surface area contributed by atoms with Crippen molar-refractivity contribution in [2.75, 3.05) is 11.3 Å². The van der Waals surface area contributed by atoms with Crippen LogP contribution < -0.4 is 9.46 Å². The number of benzene rings is 2. The SMILES string of the molecule is CC(=O)OC[C@H]1O[C@H](Oc2ccc(NS(=O)(=O)c3ccc(C(F)(F)F)cc3)cc2)[C@H](OC(C)=O)[C@@H](OC(C)=O)[C@@H]1OC(C)=O. The van der Waals surface area contributed by atoms with Gasteiger partial charge in [-0.3, -0.25) is 23.9 Å². The lowest BCUT2D eigenvalue weighted by atomic mass is 9.98. The third-order valence-electron chi connectivity index (χ3n) is 5.80. The predicted molar refractivity (Wildman–Crippen MR) is 141 cm³/mol. The maximum atomic E-state index is 12.8. The van der Waals surface area contributed by atoms with Gasteiger partial charge in [-0.1, -0.05) is 0 Å². The summed E-state index contributed by atoms with van der Waals surface area (Å²) in [6.07, 6.45) is -11.8. The molecule has 0 saturated carbocycles. The van der Waals surface area contributed by atoms with Crippen molar-refractivity contribution in [3.8, 4) is 5.75 Å². The van der Waals surface area contributed by atoms with Crippen LogP contribution in [0.5, 0.6) is 5.75 Å². The molecule has 17 heteroatoms. The second kappa shape index (κ2) is 13.9. The van der Waals surface area contributed by atoms with Crippen LogP contribution in [0.1, 0.15) is 33.3 Å². The second-order valence-corrected chi connectivity index (χ2v) is 11.0. The number of alkyl halides is 3. The fourth-order valence-electron chi connectivity index (χ4n) is 4.06. The Hall–Kier alpha value is -4.38. The smallest absolute Gasteiger partial charge is 0.416 e. The van der Waals surface area contributed by atoms with Gasteiger partial charge in [-0.2, -0.15) is 13.2 Å². The number of halogens is 3. The molecule has 13 nitrogen and oxygen atoms in total. The van der Waals surface area contributed by atoms with E-state index in [9.17, 15) is 40.8 Å². The van der Waals surface area contributed by atoms with Crippen molar-refractivity contribution in [2.45, 2.75) is 69.5 Å². The zero-order valence-electron chi connectivity index (χ0n) is 23.7. The molecule has 0 aromatic heterocycles. The quantitative estimate of drug-likeness (QED) is 0.296. The Balaban J connectivity index is 1.86. The Bertz CT molecular complexity index is 1460. The maximum Gasteiger partial charge on any atom is 0.416 e. The minimum absolute atomic E-state index is 0.0128. The zero-order valence-corrected chi connectivity index (χ0v) is 24.5. The van der Waals surface area contributed by atoms with E-state index in [0.29, 0.717) is 12.1 Å². The fourth-order valence-corrected chi connectivity index (χ4v) is 5.12. The lowest BCUT2D eigenvalue weighted by molar-refractivity contribution is -0.288. The molecule has 1 saturated heterocycles. The van der Waals surface area contributed by atoms with Crippen LogP contribution in [0.2, 0.25) is 0 Å². The normalized spacial score (nSPS) is 21.8. The standard InChI is InChI=1S/C27H28F3NO12S/c1-14(32)38-13-22-23(39-15(2)33)24(40-16(3)34)25(41-17(4)35)26(43-22)42-20-9-7-19(8-10-20)31-44(36,37)21-11-5-18(6-12-21)27(28,29)30/h5-12,22-26,31H,13H2,1-4H3/t22-,23-,24+,25-,26+/m1/s1. The molecule has 1 heterocycles. The molecule has 1 fully saturated rings. The average Bonchev–Trinajstić information content (AvgIpc) is 2.90. The van der Waals surface area contributed by atoms with E-state index < -0.39 is 87.8 Å². The Morgan fingerprint density at radius 3 is 1.80 bits per heavy atom. The molecular weight excluding hydrogens is 619 g/mol. The van der Waals surface area contributed by atoms with Crippen LogP contribution in [-0.2, 0) is 59.1 Å². The van der Waals surface area contributed by atoms with Gasteiger partial charge in [0.05, 0.1) is 10.5 Å². The van der Waals surface area contributed by atoms with Crippen LogP contribution in [0.3, 0.4) is 0 Å². The third-order valence-corrected chi connectivity index (χ3v) is 7.20. The summed E-state index contributed by atoms with van der Waals surface area (Å²) < 4.78 is 98.7. The van der Waals surface area contributed by atoms with Gasteiger partial charge in [0.25, 0.3) is 10.0 Å². The van der Waals surface area contributed by atoms with E-state index in [-0.39, 0.29) is 11.4 Å². The highest BCUT2D eigenvalue weighted by Crippen LogP contribution is 2.32. The molecule has 0 bridgehead atoms. The van der Waals surface area contributed by atoms with Gasteiger partial charge >= 0.3 is 30.1 Å². The van der Waals surface area contributed by atoms with E-state index in [1.807, 2.05) is 0 Å². The van der Waals surface area contributed by atoms with Crippen molar-refractivity contribution in [1.82, 2.24) is 0 Å². The van der Waals surface area contributed by atoms with Crippen LogP contribution in [0.4, 0.5) is 18.9 Å². The van der Waals surface area contributed by atoms with Crippen LogP contribution in [0.25, 0.3) is 0 Å². The Kier molecular flexibility index (Phi) is 10.8. The first-order valence-electron chi connectivity index (χ1n) is 12.7. The number of anilines is 1. The maximum absolute atomic E-state index is 12.8. The van der Waals surface area contributed by atoms with Crippen molar-refractivity contribution in [1.29, 1.82) is 0 Å². The highest BCUT2D eigenvalue weighted by molar-refractivity contribution is 7.92. The molecule has 2 aromatic carbocycles. The zero-order chi connectivity index (χ0) is 32.8. The van der Waals surface area contributed by atoms with Crippen LogP contribution >= 0.6 is 0 Å². The molecule has 0 spiro atoms. The molecule has 0 unspecified atom stereocenters. The van der Waals surface area contributed by atoms with Crippen molar-refractivity contribution in [2.24, 2.45) is 0 Å². The lowest BCUT2D eigenvalue weighted by Gasteiger charge is -2.43. The number of carbonyl (C=O) groups excluding carboxylic acids is 4. The first-order valence-corrected chi connectivity index (χ1v) is 14.2. The molecule has 1 aliphatic heterocycles. The van der Waals surface area contributed by atoms with Crippen molar-refractivity contribution >= 4 is 39.6 Å². The largest absolute Gasteiger partial charge is 0.463 e. The summed E-state index contributed by atoms with van der Waals surface area (Å²) in [4.78, 5) is 46.8. The van der Waals surface area contributed by atoms with E-state index in [1.165, 1.54) is 24.3 Å². The van der Waals surface area contributed by atoms with E-state index in [4.69, 9.17) is 28.4 Å². The van der Waals surface area contributed by atoms with Crippen LogP contribution in [0.15, 0.2) is 53.4 Å². The molecular formula is C27H28F3NO12S. The molecule has 3 rings (SSSR count). The monoisotopic (exact) mass is 647 g/mol. The predicted octanol–water partition coefficient (Wildman–Crippen LogP) is 2.97. The van der Waals surface area contributed by atoms with Gasteiger partial charge in [0.15, 0.2) is 12.2 Å². The number of hydrogen-bond donors (Lipinski definition) is 1. The molecule has 1 aliphatic rings.